The molecular formula is C23H26ClN3O6S. The lowest BCUT2D eigenvalue weighted by atomic mass is 10.1. The van der Waals surface area contributed by atoms with Crippen molar-refractivity contribution in [2.24, 2.45) is 0 Å². The van der Waals surface area contributed by atoms with Gasteiger partial charge in [0.15, 0.2) is 0 Å². The third-order valence-electron chi connectivity index (χ3n) is 5.37. The van der Waals surface area contributed by atoms with E-state index in [0.717, 1.165) is 4.31 Å². The molecule has 0 spiro atoms. The summed E-state index contributed by atoms with van der Waals surface area (Å²) in [4.78, 5) is 37.6. The van der Waals surface area contributed by atoms with E-state index in [-0.39, 0.29) is 17.2 Å². The standard InChI is InChI=1S/C23H26ClN3O6S/c1-5-33-23(30)15(4)25-21(28)12-19-22(29)26-17-8-6-7-9-18(17)27(19)34(31,32)20-11-13(2)16(24)10-14(20)3/h6-11,15,19H,5,12H2,1-4H3,(H,25,28)(H,26,29). The summed E-state index contributed by atoms with van der Waals surface area (Å²) < 4.78 is 33.6. The van der Waals surface area contributed by atoms with Gasteiger partial charge in [-0.3, -0.25) is 13.9 Å². The maximum Gasteiger partial charge on any atom is 0.328 e. The predicted octanol–water partition coefficient (Wildman–Crippen LogP) is 2.93. The zero-order chi connectivity index (χ0) is 25.2. The van der Waals surface area contributed by atoms with Gasteiger partial charge >= 0.3 is 5.97 Å². The molecule has 0 aliphatic carbocycles. The number of hydrogen-bond acceptors (Lipinski definition) is 6. The van der Waals surface area contributed by atoms with E-state index in [1.165, 1.54) is 13.0 Å². The van der Waals surface area contributed by atoms with Crippen molar-refractivity contribution < 1.29 is 27.5 Å². The van der Waals surface area contributed by atoms with Gasteiger partial charge in [-0.1, -0.05) is 23.7 Å². The van der Waals surface area contributed by atoms with Gasteiger partial charge in [-0.05, 0) is 63.1 Å². The topological polar surface area (TPSA) is 122 Å². The highest BCUT2D eigenvalue weighted by atomic mass is 35.5. The van der Waals surface area contributed by atoms with Crippen LogP contribution in [0.5, 0.6) is 0 Å². The Bertz CT molecular complexity index is 1250. The highest BCUT2D eigenvalue weighted by Gasteiger charge is 2.42. The maximum atomic E-state index is 13.9. The lowest BCUT2D eigenvalue weighted by molar-refractivity contribution is -0.146. The van der Waals surface area contributed by atoms with Crippen LogP contribution in [0.1, 0.15) is 31.4 Å². The van der Waals surface area contributed by atoms with Crippen molar-refractivity contribution in [1.29, 1.82) is 0 Å². The molecule has 0 bridgehead atoms. The highest BCUT2D eigenvalue weighted by Crippen LogP contribution is 2.38. The Balaban J connectivity index is 2.04. The number of halogens is 1. The second kappa shape index (κ2) is 10.0. The van der Waals surface area contributed by atoms with Gasteiger partial charge in [0.05, 0.1) is 29.3 Å². The quantitative estimate of drug-likeness (QED) is 0.556. The first kappa shape index (κ1) is 25.5. The Morgan fingerprint density at radius 1 is 1.21 bits per heavy atom. The second-order valence-electron chi connectivity index (χ2n) is 7.94. The minimum absolute atomic E-state index is 0.0239. The average molecular weight is 508 g/mol. The molecule has 9 nitrogen and oxygen atoms in total. The first-order valence-corrected chi connectivity index (χ1v) is 12.5. The predicted molar refractivity (Wildman–Crippen MR) is 128 cm³/mol. The molecule has 2 atom stereocenters. The van der Waals surface area contributed by atoms with E-state index in [1.807, 2.05) is 0 Å². The van der Waals surface area contributed by atoms with Gasteiger partial charge in [-0.25, -0.2) is 13.2 Å². The molecule has 0 saturated heterocycles. The van der Waals surface area contributed by atoms with Crippen LogP contribution in [0, 0.1) is 13.8 Å². The van der Waals surface area contributed by atoms with E-state index in [1.54, 1.807) is 51.1 Å². The molecule has 0 radical (unpaired) electrons. The van der Waals surface area contributed by atoms with E-state index in [9.17, 15) is 22.8 Å². The fraction of sp³-hybridized carbons (Fsp3) is 0.348. The van der Waals surface area contributed by atoms with Crippen LogP contribution in [0.3, 0.4) is 0 Å². The number of carbonyl (C=O) groups excluding carboxylic acids is 3. The normalized spacial score (nSPS) is 16.3. The monoisotopic (exact) mass is 507 g/mol. The summed E-state index contributed by atoms with van der Waals surface area (Å²) >= 11 is 6.16. The number of sulfonamides is 1. The first-order chi connectivity index (χ1) is 16.0. The fourth-order valence-corrected chi connectivity index (χ4v) is 5.82. The zero-order valence-electron chi connectivity index (χ0n) is 19.2. The van der Waals surface area contributed by atoms with Crippen molar-refractivity contribution in [2.75, 3.05) is 16.2 Å². The smallest absolute Gasteiger partial charge is 0.328 e. The largest absolute Gasteiger partial charge is 0.464 e. The van der Waals surface area contributed by atoms with Crippen LogP contribution >= 0.6 is 11.6 Å². The third-order valence-corrected chi connectivity index (χ3v) is 7.75. The maximum absolute atomic E-state index is 13.9. The third kappa shape index (κ3) is 5.02. The number of nitrogens with one attached hydrogen (secondary N) is 2. The Hall–Kier alpha value is -3.11. The summed E-state index contributed by atoms with van der Waals surface area (Å²) in [7, 11) is -4.28. The van der Waals surface area contributed by atoms with Crippen LogP contribution in [-0.4, -0.2) is 44.9 Å². The van der Waals surface area contributed by atoms with Crippen molar-refractivity contribution in [1.82, 2.24) is 5.32 Å². The number of benzene rings is 2. The minimum Gasteiger partial charge on any atom is -0.464 e. The molecule has 2 unspecified atom stereocenters. The summed E-state index contributed by atoms with van der Waals surface area (Å²) in [5, 5.41) is 5.54. The van der Waals surface area contributed by atoms with Gasteiger partial charge in [-0.2, -0.15) is 0 Å². The molecule has 11 heteroatoms. The number of anilines is 2. The first-order valence-electron chi connectivity index (χ1n) is 10.6. The molecular weight excluding hydrogens is 482 g/mol. The van der Waals surface area contributed by atoms with Crippen LogP contribution in [0.25, 0.3) is 0 Å². The number of ether oxygens (including phenoxy) is 1. The summed E-state index contributed by atoms with van der Waals surface area (Å²) in [5.74, 6) is -1.97. The van der Waals surface area contributed by atoms with E-state index in [0.29, 0.717) is 21.8 Å². The zero-order valence-corrected chi connectivity index (χ0v) is 20.8. The molecule has 0 fully saturated rings. The van der Waals surface area contributed by atoms with Crippen LogP contribution in [0.4, 0.5) is 11.4 Å². The summed E-state index contributed by atoms with van der Waals surface area (Å²) in [6.45, 7) is 6.52. The SMILES string of the molecule is CCOC(=O)C(C)NC(=O)CC1C(=O)Nc2ccccc2N1S(=O)(=O)c1cc(C)c(Cl)cc1C. The van der Waals surface area contributed by atoms with E-state index < -0.39 is 46.3 Å². The lowest BCUT2D eigenvalue weighted by Gasteiger charge is -2.37. The fourth-order valence-electron chi connectivity index (χ4n) is 3.68. The van der Waals surface area contributed by atoms with Crippen molar-refractivity contribution >= 4 is 50.8 Å². The summed E-state index contributed by atoms with van der Waals surface area (Å²) in [5.41, 5.74) is 1.48. The number of carbonyl (C=O) groups is 3. The summed E-state index contributed by atoms with van der Waals surface area (Å²) in [6.07, 6.45) is -0.505. The number of aryl methyl sites for hydroxylation is 2. The Kier molecular flexibility index (Phi) is 7.52. The number of rotatable bonds is 7. The highest BCUT2D eigenvalue weighted by molar-refractivity contribution is 7.93. The van der Waals surface area contributed by atoms with Gasteiger partial charge in [0.25, 0.3) is 10.0 Å². The average Bonchev–Trinajstić information content (AvgIpc) is 2.76. The molecule has 1 aliphatic rings. The van der Waals surface area contributed by atoms with Crippen LogP contribution in [0.15, 0.2) is 41.3 Å². The van der Waals surface area contributed by atoms with Gasteiger partial charge < -0.3 is 15.4 Å². The number of amides is 2. The number of esters is 1. The molecule has 1 heterocycles. The van der Waals surface area contributed by atoms with Crippen molar-refractivity contribution in [3.63, 3.8) is 0 Å². The molecule has 0 saturated carbocycles. The van der Waals surface area contributed by atoms with Gasteiger partial charge in [0.1, 0.15) is 12.1 Å². The molecule has 3 rings (SSSR count). The molecule has 34 heavy (non-hydrogen) atoms. The van der Waals surface area contributed by atoms with Crippen molar-refractivity contribution in [3.05, 3.63) is 52.5 Å². The molecule has 2 amide bonds. The van der Waals surface area contributed by atoms with Gasteiger partial charge in [0, 0.05) is 5.02 Å². The Labute approximate surface area is 203 Å². The van der Waals surface area contributed by atoms with Crippen molar-refractivity contribution in [2.45, 2.75) is 51.1 Å². The van der Waals surface area contributed by atoms with Crippen LogP contribution in [0.2, 0.25) is 5.02 Å². The van der Waals surface area contributed by atoms with Crippen molar-refractivity contribution in [3.8, 4) is 0 Å². The Morgan fingerprint density at radius 2 is 1.88 bits per heavy atom. The number of nitrogens with zero attached hydrogens (tertiary/aromatic N) is 1. The Morgan fingerprint density at radius 3 is 2.56 bits per heavy atom. The number of para-hydroxylation sites is 2. The molecule has 0 aromatic heterocycles. The second-order valence-corrected chi connectivity index (χ2v) is 10.1. The molecule has 2 aromatic rings. The van der Waals surface area contributed by atoms with Gasteiger partial charge in [0.2, 0.25) is 11.8 Å². The van der Waals surface area contributed by atoms with Gasteiger partial charge in [-0.15, -0.1) is 0 Å². The van der Waals surface area contributed by atoms with Crippen LogP contribution in [-0.2, 0) is 29.1 Å². The molecule has 182 valence electrons. The minimum atomic E-state index is -4.28. The molecule has 2 N–H and O–H groups in total. The summed E-state index contributed by atoms with van der Waals surface area (Å²) in [6, 6.07) is 7.08. The lowest BCUT2D eigenvalue weighted by Crippen LogP contribution is -2.53. The number of fused-ring (bicyclic) bond motifs is 1. The van der Waals surface area contributed by atoms with E-state index in [2.05, 4.69) is 10.6 Å². The van der Waals surface area contributed by atoms with E-state index >= 15 is 0 Å². The van der Waals surface area contributed by atoms with E-state index in [4.69, 9.17) is 16.3 Å². The van der Waals surface area contributed by atoms with Crippen LogP contribution < -0.4 is 14.9 Å². The molecule has 1 aliphatic heterocycles. The number of hydrogen-bond donors (Lipinski definition) is 2. The molecule has 2 aromatic carbocycles.